The molecule has 5 nitrogen and oxygen atoms in total. The van der Waals surface area contributed by atoms with Gasteiger partial charge in [-0.2, -0.15) is 0 Å². The molecule has 2 aromatic rings. The van der Waals surface area contributed by atoms with Crippen molar-refractivity contribution in [2.75, 3.05) is 11.5 Å². The average Bonchev–Trinajstić information content (AvgIpc) is 3.15. The third-order valence-corrected chi connectivity index (χ3v) is 6.06. The van der Waals surface area contributed by atoms with Crippen molar-refractivity contribution in [3.8, 4) is 0 Å². The van der Waals surface area contributed by atoms with E-state index in [0.717, 1.165) is 5.56 Å². The predicted octanol–water partition coefficient (Wildman–Crippen LogP) is 2.76. The second kappa shape index (κ2) is 6.37. The number of nitrogens with zero attached hydrogens (tertiary/aromatic N) is 1. The van der Waals surface area contributed by atoms with Crippen LogP contribution in [0.3, 0.4) is 0 Å². The van der Waals surface area contributed by atoms with Crippen molar-refractivity contribution in [1.82, 2.24) is 4.90 Å². The molecule has 0 N–H and O–H groups in total. The number of halogens is 1. The lowest BCUT2D eigenvalue weighted by Gasteiger charge is -2.28. The van der Waals surface area contributed by atoms with Crippen LogP contribution in [0.4, 0.5) is 0 Å². The maximum Gasteiger partial charge on any atom is 0.290 e. The maximum atomic E-state index is 12.7. The lowest BCUT2D eigenvalue weighted by Crippen LogP contribution is -2.40. The summed E-state index contributed by atoms with van der Waals surface area (Å²) in [5.74, 6) is -0.0511. The summed E-state index contributed by atoms with van der Waals surface area (Å²) in [6, 6.07) is 10.1. The number of hydrogen-bond donors (Lipinski definition) is 0. The Morgan fingerprint density at radius 3 is 2.65 bits per heavy atom. The van der Waals surface area contributed by atoms with E-state index in [4.69, 9.17) is 16.0 Å². The van der Waals surface area contributed by atoms with Crippen LogP contribution in [-0.2, 0) is 16.4 Å². The number of hydrogen-bond acceptors (Lipinski definition) is 4. The zero-order valence-corrected chi connectivity index (χ0v) is 13.9. The number of carbonyl (C=O) groups is 1. The molecule has 1 atom stereocenters. The lowest BCUT2D eigenvalue weighted by molar-refractivity contribution is 0.0648. The van der Waals surface area contributed by atoms with E-state index in [1.54, 1.807) is 23.1 Å². The molecule has 1 aliphatic rings. The summed E-state index contributed by atoms with van der Waals surface area (Å²) in [4.78, 5) is 14.3. The largest absolute Gasteiger partial charge is 0.459 e. The van der Waals surface area contributed by atoms with Gasteiger partial charge in [-0.15, -0.1) is 0 Å². The molecule has 0 radical (unpaired) electrons. The standard InChI is InChI=1S/C16H16ClNO4S/c17-14-5-2-1-4-12(14)10-18(13-7-9-23(20,21)11-13)16(19)15-6-3-8-22-15/h1-6,8,13H,7,9-11H2. The number of furan rings is 1. The number of rotatable bonds is 4. The van der Waals surface area contributed by atoms with E-state index >= 15 is 0 Å². The normalized spacial score (nSPS) is 19.6. The van der Waals surface area contributed by atoms with Crippen molar-refractivity contribution in [3.05, 3.63) is 59.0 Å². The Morgan fingerprint density at radius 1 is 1.26 bits per heavy atom. The Balaban J connectivity index is 1.90. The topological polar surface area (TPSA) is 67.6 Å². The molecule has 0 aliphatic carbocycles. The highest BCUT2D eigenvalue weighted by molar-refractivity contribution is 7.91. The molecule has 3 rings (SSSR count). The van der Waals surface area contributed by atoms with Gasteiger partial charge >= 0.3 is 0 Å². The zero-order valence-electron chi connectivity index (χ0n) is 12.3. The second-order valence-electron chi connectivity index (χ2n) is 5.56. The first-order valence-electron chi connectivity index (χ1n) is 7.24. The average molecular weight is 354 g/mol. The fraction of sp³-hybridized carbons (Fsp3) is 0.312. The number of amides is 1. The van der Waals surface area contributed by atoms with Crippen LogP contribution >= 0.6 is 11.6 Å². The molecule has 1 aromatic carbocycles. The van der Waals surface area contributed by atoms with Gasteiger partial charge in [-0.05, 0) is 30.2 Å². The van der Waals surface area contributed by atoms with Gasteiger partial charge in [0.25, 0.3) is 5.91 Å². The van der Waals surface area contributed by atoms with Gasteiger partial charge in [0.1, 0.15) is 0 Å². The smallest absolute Gasteiger partial charge is 0.290 e. The lowest BCUT2D eigenvalue weighted by atomic mass is 10.1. The quantitative estimate of drug-likeness (QED) is 0.847. The second-order valence-corrected chi connectivity index (χ2v) is 8.19. The Hall–Kier alpha value is -1.79. The molecule has 1 aliphatic heterocycles. The van der Waals surface area contributed by atoms with E-state index in [0.29, 0.717) is 11.4 Å². The van der Waals surface area contributed by atoms with Crippen LogP contribution < -0.4 is 0 Å². The highest BCUT2D eigenvalue weighted by Gasteiger charge is 2.36. The van der Waals surface area contributed by atoms with Crippen LogP contribution in [0.15, 0.2) is 47.1 Å². The summed E-state index contributed by atoms with van der Waals surface area (Å²) in [5.41, 5.74) is 0.776. The molecule has 1 amide bonds. The van der Waals surface area contributed by atoms with Crippen LogP contribution in [0.5, 0.6) is 0 Å². The Kier molecular flexibility index (Phi) is 4.46. The van der Waals surface area contributed by atoms with Gasteiger partial charge in [-0.1, -0.05) is 29.8 Å². The molecule has 1 saturated heterocycles. The van der Waals surface area contributed by atoms with Crippen molar-refractivity contribution in [1.29, 1.82) is 0 Å². The van der Waals surface area contributed by atoms with Crippen molar-refractivity contribution in [2.24, 2.45) is 0 Å². The molecule has 1 unspecified atom stereocenters. The first kappa shape index (κ1) is 16.1. The fourth-order valence-electron chi connectivity index (χ4n) is 2.74. The van der Waals surface area contributed by atoms with E-state index in [2.05, 4.69) is 0 Å². The minimum absolute atomic E-state index is 0.0239. The molecule has 122 valence electrons. The number of benzene rings is 1. The van der Waals surface area contributed by atoms with Gasteiger partial charge in [-0.25, -0.2) is 8.42 Å². The molecule has 0 bridgehead atoms. The molecule has 2 heterocycles. The van der Waals surface area contributed by atoms with Crippen LogP contribution in [0.25, 0.3) is 0 Å². The summed E-state index contributed by atoms with van der Waals surface area (Å²) in [5, 5.41) is 0.547. The van der Waals surface area contributed by atoms with Gasteiger partial charge in [0.15, 0.2) is 15.6 Å². The molecule has 1 aromatic heterocycles. The Bertz CT molecular complexity index is 801. The maximum absolute atomic E-state index is 12.7. The summed E-state index contributed by atoms with van der Waals surface area (Å²) in [6.07, 6.45) is 1.85. The molecular formula is C16H16ClNO4S. The van der Waals surface area contributed by atoms with E-state index < -0.39 is 9.84 Å². The van der Waals surface area contributed by atoms with E-state index in [9.17, 15) is 13.2 Å². The molecule has 7 heteroatoms. The first-order valence-corrected chi connectivity index (χ1v) is 9.44. The Morgan fingerprint density at radius 2 is 2.04 bits per heavy atom. The van der Waals surface area contributed by atoms with Gasteiger partial charge < -0.3 is 9.32 Å². The van der Waals surface area contributed by atoms with Crippen molar-refractivity contribution >= 4 is 27.3 Å². The monoisotopic (exact) mass is 353 g/mol. The van der Waals surface area contributed by atoms with Gasteiger partial charge in [0.05, 0.1) is 17.8 Å². The van der Waals surface area contributed by atoms with Gasteiger partial charge in [-0.3, -0.25) is 4.79 Å². The first-order chi connectivity index (χ1) is 11.0. The van der Waals surface area contributed by atoms with Crippen LogP contribution in [0.2, 0.25) is 5.02 Å². The van der Waals surface area contributed by atoms with E-state index in [1.165, 1.54) is 6.26 Å². The minimum Gasteiger partial charge on any atom is -0.459 e. The third kappa shape index (κ3) is 3.59. The summed E-state index contributed by atoms with van der Waals surface area (Å²) in [7, 11) is -3.10. The summed E-state index contributed by atoms with van der Waals surface area (Å²) in [6.45, 7) is 0.249. The molecular weight excluding hydrogens is 338 g/mol. The highest BCUT2D eigenvalue weighted by atomic mass is 35.5. The van der Waals surface area contributed by atoms with E-state index in [1.807, 2.05) is 18.2 Å². The predicted molar refractivity (Wildman–Crippen MR) is 87.1 cm³/mol. The highest BCUT2D eigenvalue weighted by Crippen LogP contribution is 2.25. The molecule has 1 fully saturated rings. The van der Waals surface area contributed by atoms with Gasteiger partial charge in [0, 0.05) is 17.6 Å². The van der Waals surface area contributed by atoms with Crippen molar-refractivity contribution < 1.29 is 17.6 Å². The van der Waals surface area contributed by atoms with Crippen molar-refractivity contribution in [3.63, 3.8) is 0 Å². The van der Waals surface area contributed by atoms with Crippen LogP contribution in [0.1, 0.15) is 22.5 Å². The van der Waals surface area contributed by atoms with E-state index in [-0.39, 0.29) is 35.8 Å². The zero-order chi connectivity index (χ0) is 16.4. The minimum atomic E-state index is -3.10. The molecule has 0 spiro atoms. The number of carbonyl (C=O) groups excluding carboxylic acids is 1. The third-order valence-electron chi connectivity index (χ3n) is 3.94. The number of sulfone groups is 1. The fourth-order valence-corrected chi connectivity index (χ4v) is 4.67. The summed E-state index contributed by atoms with van der Waals surface area (Å²) >= 11 is 6.18. The molecule has 23 heavy (non-hydrogen) atoms. The molecule has 0 saturated carbocycles. The van der Waals surface area contributed by atoms with Crippen LogP contribution in [-0.4, -0.2) is 36.8 Å². The van der Waals surface area contributed by atoms with Gasteiger partial charge in [0.2, 0.25) is 0 Å². The Labute approximate surface area is 139 Å². The van der Waals surface area contributed by atoms with Crippen molar-refractivity contribution in [2.45, 2.75) is 19.0 Å². The SMILES string of the molecule is O=C(c1ccco1)N(Cc1ccccc1Cl)C1CCS(=O)(=O)C1. The van der Waals surface area contributed by atoms with Crippen LogP contribution in [0, 0.1) is 0 Å². The summed E-state index contributed by atoms with van der Waals surface area (Å²) < 4.78 is 28.8.